The van der Waals surface area contributed by atoms with E-state index in [0.29, 0.717) is 18.1 Å². The number of Topliss-reactive ketones (excluding diaryl/α,β-unsaturated/α-hetero) is 1. The van der Waals surface area contributed by atoms with Crippen LogP contribution in [0.15, 0.2) is 12.3 Å². The molecule has 0 fully saturated rings. The Morgan fingerprint density at radius 2 is 1.95 bits per heavy atom. The smallest absolute Gasteiger partial charge is 0.236 e. The van der Waals surface area contributed by atoms with E-state index in [1.54, 1.807) is 20.8 Å². The summed E-state index contributed by atoms with van der Waals surface area (Å²) in [7, 11) is 0. The predicted octanol–water partition coefficient (Wildman–Crippen LogP) is 4.11. The highest BCUT2D eigenvalue weighted by atomic mass is 79.9. The van der Waals surface area contributed by atoms with Crippen molar-refractivity contribution in [2.45, 2.75) is 32.0 Å². The molecule has 1 aromatic carbocycles. The zero-order valence-electron chi connectivity index (χ0n) is 12.3. The number of ketones is 1. The van der Waals surface area contributed by atoms with Crippen LogP contribution in [0.3, 0.4) is 0 Å². The molecular formula is C16H14BrF2NO2. The van der Waals surface area contributed by atoms with Crippen molar-refractivity contribution >= 4 is 38.5 Å². The molecule has 1 aliphatic rings. The van der Waals surface area contributed by atoms with E-state index in [4.69, 9.17) is 0 Å². The lowest BCUT2D eigenvalue weighted by Gasteiger charge is -2.18. The zero-order valence-corrected chi connectivity index (χ0v) is 13.9. The van der Waals surface area contributed by atoms with Crippen molar-refractivity contribution < 1.29 is 18.4 Å². The summed E-state index contributed by atoms with van der Waals surface area (Å²) in [5, 5.41) is 0.218. The monoisotopic (exact) mass is 369 g/mol. The highest BCUT2D eigenvalue weighted by Crippen LogP contribution is 2.37. The molecule has 1 atom stereocenters. The summed E-state index contributed by atoms with van der Waals surface area (Å²) in [5.41, 5.74) is -0.280. The van der Waals surface area contributed by atoms with Crippen LogP contribution in [0.25, 0.3) is 10.9 Å². The van der Waals surface area contributed by atoms with E-state index < -0.39 is 27.7 Å². The average Bonchev–Trinajstić information content (AvgIpc) is 2.76. The largest absolute Gasteiger partial charge is 0.293 e. The number of aromatic nitrogens is 1. The quantitative estimate of drug-likeness (QED) is 0.655. The van der Waals surface area contributed by atoms with Gasteiger partial charge in [-0.25, -0.2) is 8.78 Å². The Kier molecular flexibility index (Phi) is 3.29. The number of alkyl halides is 1. The molecule has 0 radical (unpaired) electrons. The van der Waals surface area contributed by atoms with Crippen molar-refractivity contribution in [1.29, 1.82) is 0 Å². The molecule has 3 rings (SSSR count). The van der Waals surface area contributed by atoms with E-state index in [9.17, 15) is 18.4 Å². The lowest BCUT2D eigenvalue weighted by atomic mass is 9.91. The maximum Gasteiger partial charge on any atom is 0.236 e. The SMILES string of the molecule is CC(C)(C)C(=O)n1cc2c3c(c(F)cc(F)c31)C(=O)C(Br)C2. The van der Waals surface area contributed by atoms with Crippen molar-refractivity contribution in [1.82, 2.24) is 4.57 Å². The first kappa shape index (κ1) is 15.3. The molecular weight excluding hydrogens is 356 g/mol. The van der Waals surface area contributed by atoms with Gasteiger partial charge < -0.3 is 0 Å². The molecule has 1 unspecified atom stereocenters. The molecule has 0 amide bonds. The van der Waals surface area contributed by atoms with Crippen molar-refractivity contribution in [3.05, 3.63) is 35.0 Å². The number of hydrogen-bond donors (Lipinski definition) is 0. The molecule has 0 saturated carbocycles. The van der Waals surface area contributed by atoms with Gasteiger partial charge in [0, 0.05) is 23.1 Å². The first-order valence-corrected chi connectivity index (χ1v) is 7.79. The summed E-state index contributed by atoms with van der Waals surface area (Å²) in [6.45, 7) is 5.17. The Balaban J connectivity index is 2.42. The second-order valence-electron chi connectivity index (χ2n) is 6.55. The van der Waals surface area contributed by atoms with Gasteiger partial charge in [-0.15, -0.1) is 0 Å². The molecule has 1 aromatic heterocycles. The van der Waals surface area contributed by atoms with Crippen LogP contribution in [0.2, 0.25) is 0 Å². The average molecular weight is 370 g/mol. The molecule has 6 heteroatoms. The van der Waals surface area contributed by atoms with Gasteiger partial charge in [-0.05, 0) is 12.0 Å². The summed E-state index contributed by atoms with van der Waals surface area (Å²) in [4.78, 5) is 24.2. The van der Waals surface area contributed by atoms with E-state index >= 15 is 0 Å². The lowest BCUT2D eigenvalue weighted by Crippen LogP contribution is -2.26. The van der Waals surface area contributed by atoms with Crippen LogP contribution in [0.5, 0.6) is 0 Å². The Bertz CT molecular complexity index is 833. The number of benzene rings is 1. The van der Waals surface area contributed by atoms with Gasteiger partial charge in [0.1, 0.15) is 5.82 Å². The van der Waals surface area contributed by atoms with Gasteiger partial charge in [-0.1, -0.05) is 36.7 Å². The molecule has 22 heavy (non-hydrogen) atoms. The fraction of sp³-hybridized carbons (Fsp3) is 0.375. The second-order valence-corrected chi connectivity index (χ2v) is 7.66. The van der Waals surface area contributed by atoms with Crippen LogP contribution < -0.4 is 0 Å². The number of rotatable bonds is 0. The van der Waals surface area contributed by atoms with Gasteiger partial charge in [-0.3, -0.25) is 14.2 Å². The molecule has 1 heterocycles. The number of carbonyl (C=O) groups is 2. The standard InChI is InChI=1S/C16H14BrF2NO2/c1-16(2,3)15(22)20-6-7-4-8(17)14(21)12-9(18)5-10(19)13(20)11(7)12/h5-6,8H,4H2,1-3H3. The van der Waals surface area contributed by atoms with Crippen LogP contribution in [-0.4, -0.2) is 21.1 Å². The third-order valence-corrected chi connectivity index (χ3v) is 4.58. The molecule has 1 aliphatic carbocycles. The summed E-state index contributed by atoms with van der Waals surface area (Å²) in [6.07, 6.45) is 1.82. The van der Waals surface area contributed by atoms with Crippen LogP contribution >= 0.6 is 15.9 Å². The Morgan fingerprint density at radius 1 is 1.32 bits per heavy atom. The van der Waals surface area contributed by atoms with E-state index in [2.05, 4.69) is 15.9 Å². The first-order valence-electron chi connectivity index (χ1n) is 6.88. The molecule has 2 aromatic rings. The summed E-state index contributed by atoms with van der Waals surface area (Å²) in [6, 6.07) is 0.677. The number of halogens is 3. The van der Waals surface area contributed by atoms with E-state index in [1.165, 1.54) is 10.8 Å². The molecule has 116 valence electrons. The minimum atomic E-state index is -0.888. The van der Waals surface area contributed by atoms with Crippen molar-refractivity contribution in [3.8, 4) is 0 Å². The highest BCUT2D eigenvalue weighted by Gasteiger charge is 2.35. The summed E-state index contributed by atoms with van der Waals surface area (Å²) in [5.74, 6) is -2.45. The minimum absolute atomic E-state index is 0.0147. The highest BCUT2D eigenvalue weighted by molar-refractivity contribution is 9.10. The van der Waals surface area contributed by atoms with Gasteiger partial charge in [-0.2, -0.15) is 0 Å². The van der Waals surface area contributed by atoms with E-state index in [-0.39, 0.29) is 22.4 Å². The minimum Gasteiger partial charge on any atom is -0.293 e. The molecule has 3 nitrogen and oxygen atoms in total. The third kappa shape index (κ3) is 2.04. The van der Waals surface area contributed by atoms with E-state index in [1.807, 2.05) is 0 Å². The topological polar surface area (TPSA) is 39.1 Å². The van der Waals surface area contributed by atoms with Crippen molar-refractivity contribution in [2.75, 3.05) is 0 Å². The third-order valence-electron chi connectivity index (χ3n) is 3.84. The molecule has 0 aliphatic heterocycles. The van der Waals surface area contributed by atoms with Gasteiger partial charge in [0.25, 0.3) is 0 Å². The Hall–Kier alpha value is -1.56. The zero-order chi connectivity index (χ0) is 16.4. The number of hydrogen-bond acceptors (Lipinski definition) is 2. The molecule has 0 N–H and O–H groups in total. The summed E-state index contributed by atoms with van der Waals surface area (Å²) < 4.78 is 29.6. The normalized spacial score (nSPS) is 18.1. The van der Waals surface area contributed by atoms with Gasteiger partial charge >= 0.3 is 0 Å². The van der Waals surface area contributed by atoms with Crippen molar-refractivity contribution in [3.63, 3.8) is 0 Å². The predicted molar refractivity (Wildman–Crippen MR) is 82.7 cm³/mol. The maximum atomic E-state index is 14.3. The molecule has 0 saturated heterocycles. The van der Waals surface area contributed by atoms with Gasteiger partial charge in [0.15, 0.2) is 11.6 Å². The van der Waals surface area contributed by atoms with E-state index in [0.717, 1.165) is 0 Å². The fourth-order valence-corrected chi connectivity index (χ4v) is 3.38. The number of nitrogens with zero attached hydrogens (tertiary/aromatic N) is 1. The van der Waals surface area contributed by atoms with Crippen molar-refractivity contribution in [2.24, 2.45) is 5.41 Å². The van der Waals surface area contributed by atoms with Crippen LogP contribution in [-0.2, 0) is 6.42 Å². The van der Waals surface area contributed by atoms with Crippen LogP contribution in [0.1, 0.15) is 41.5 Å². The van der Waals surface area contributed by atoms with Crippen LogP contribution in [0, 0.1) is 17.0 Å². The summed E-state index contributed by atoms with van der Waals surface area (Å²) >= 11 is 3.22. The number of carbonyl (C=O) groups excluding carboxylic acids is 2. The fourth-order valence-electron chi connectivity index (χ4n) is 2.80. The Labute approximate surface area is 134 Å². The van der Waals surface area contributed by atoms with Gasteiger partial charge in [0.05, 0.1) is 15.9 Å². The molecule has 0 bridgehead atoms. The van der Waals surface area contributed by atoms with Gasteiger partial charge in [0.2, 0.25) is 5.91 Å². The molecule has 0 spiro atoms. The second kappa shape index (κ2) is 4.72. The lowest BCUT2D eigenvalue weighted by molar-refractivity contribution is 0.0771. The first-order chi connectivity index (χ1) is 10.1. The maximum absolute atomic E-state index is 14.3. The van der Waals surface area contributed by atoms with Crippen LogP contribution in [0.4, 0.5) is 8.78 Å². The Morgan fingerprint density at radius 3 is 2.55 bits per heavy atom.